The molecule has 0 saturated heterocycles. The first kappa shape index (κ1) is 17.7. The van der Waals surface area contributed by atoms with E-state index in [1.54, 1.807) is 19.1 Å². The van der Waals surface area contributed by atoms with E-state index in [1.165, 1.54) is 18.7 Å². The molecule has 0 unspecified atom stereocenters. The predicted molar refractivity (Wildman–Crippen MR) is 90.5 cm³/mol. The Morgan fingerprint density at radius 2 is 1.78 bits per heavy atom. The third kappa shape index (κ3) is 4.66. The van der Waals surface area contributed by atoms with E-state index in [0.717, 1.165) is 32.1 Å². The Morgan fingerprint density at radius 3 is 2.43 bits per heavy atom. The SMILES string of the molecule is C/C=C/CCC1CCC(c2ccc(O/C=C/C)c(F)c2F)CC1. The first-order chi connectivity index (χ1) is 11.2. The first-order valence-corrected chi connectivity index (χ1v) is 8.54. The molecule has 2 rings (SSSR count). The highest BCUT2D eigenvalue weighted by Gasteiger charge is 2.26. The van der Waals surface area contributed by atoms with Gasteiger partial charge in [0, 0.05) is 0 Å². The Labute approximate surface area is 138 Å². The number of benzene rings is 1. The van der Waals surface area contributed by atoms with Crippen molar-refractivity contribution in [3.63, 3.8) is 0 Å². The fourth-order valence-electron chi connectivity index (χ4n) is 3.36. The molecule has 1 aliphatic carbocycles. The van der Waals surface area contributed by atoms with Crippen LogP contribution in [0.5, 0.6) is 5.75 Å². The lowest BCUT2D eigenvalue weighted by Gasteiger charge is -2.29. The van der Waals surface area contributed by atoms with E-state index >= 15 is 0 Å². The lowest BCUT2D eigenvalue weighted by Crippen LogP contribution is -2.15. The van der Waals surface area contributed by atoms with Crippen LogP contribution in [0.1, 0.15) is 63.9 Å². The Kier molecular flexibility index (Phi) is 6.82. The molecule has 1 nitrogen and oxygen atoms in total. The lowest BCUT2D eigenvalue weighted by atomic mass is 9.77. The van der Waals surface area contributed by atoms with Crippen molar-refractivity contribution in [3.8, 4) is 5.75 Å². The van der Waals surface area contributed by atoms with Crippen LogP contribution in [-0.2, 0) is 0 Å². The van der Waals surface area contributed by atoms with Gasteiger partial charge in [0.05, 0.1) is 6.26 Å². The van der Waals surface area contributed by atoms with Crippen molar-refractivity contribution < 1.29 is 13.5 Å². The first-order valence-electron chi connectivity index (χ1n) is 8.54. The maximum atomic E-state index is 14.3. The van der Waals surface area contributed by atoms with E-state index in [1.807, 2.05) is 6.92 Å². The van der Waals surface area contributed by atoms with Crippen molar-refractivity contribution in [2.45, 2.75) is 58.3 Å². The summed E-state index contributed by atoms with van der Waals surface area (Å²) in [6.07, 6.45) is 13.7. The van der Waals surface area contributed by atoms with Crippen molar-refractivity contribution in [2.24, 2.45) is 5.92 Å². The molecule has 1 aliphatic rings. The van der Waals surface area contributed by atoms with Crippen LogP contribution in [0.25, 0.3) is 0 Å². The summed E-state index contributed by atoms with van der Waals surface area (Å²) in [4.78, 5) is 0. The number of ether oxygens (including phenoxy) is 1. The molecule has 0 spiro atoms. The Bertz CT molecular complexity index is 555. The second kappa shape index (κ2) is 8.85. The highest BCUT2D eigenvalue weighted by Crippen LogP contribution is 2.39. The zero-order chi connectivity index (χ0) is 16.7. The van der Waals surface area contributed by atoms with E-state index < -0.39 is 11.6 Å². The van der Waals surface area contributed by atoms with Gasteiger partial charge >= 0.3 is 0 Å². The van der Waals surface area contributed by atoms with Crippen LogP contribution < -0.4 is 4.74 Å². The largest absolute Gasteiger partial charge is 0.462 e. The zero-order valence-corrected chi connectivity index (χ0v) is 14.0. The maximum Gasteiger partial charge on any atom is 0.201 e. The normalized spacial score (nSPS) is 22.1. The predicted octanol–water partition coefficient (Wildman–Crippen LogP) is 6.51. The van der Waals surface area contributed by atoms with Gasteiger partial charge in [-0.1, -0.05) is 24.3 Å². The fourth-order valence-corrected chi connectivity index (χ4v) is 3.36. The third-order valence-electron chi connectivity index (χ3n) is 4.67. The van der Waals surface area contributed by atoms with E-state index in [4.69, 9.17) is 4.74 Å². The number of allylic oxidation sites excluding steroid dienone is 3. The number of rotatable bonds is 6. The van der Waals surface area contributed by atoms with Gasteiger partial charge in [-0.25, -0.2) is 4.39 Å². The zero-order valence-electron chi connectivity index (χ0n) is 14.0. The Hall–Kier alpha value is -1.64. The maximum absolute atomic E-state index is 14.3. The van der Waals surface area contributed by atoms with Crippen LogP contribution in [-0.4, -0.2) is 0 Å². The molecular weight excluding hydrogens is 294 g/mol. The third-order valence-corrected chi connectivity index (χ3v) is 4.67. The van der Waals surface area contributed by atoms with Crippen molar-refractivity contribution in [2.75, 3.05) is 0 Å². The van der Waals surface area contributed by atoms with Crippen molar-refractivity contribution >= 4 is 0 Å². The topological polar surface area (TPSA) is 9.23 Å². The average Bonchev–Trinajstić information content (AvgIpc) is 2.57. The van der Waals surface area contributed by atoms with Gasteiger partial charge < -0.3 is 4.74 Å². The van der Waals surface area contributed by atoms with Crippen LogP contribution in [0.4, 0.5) is 8.78 Å². The van der Waals surface area contributed by atoms with Gasteiger partial charge in [0.1, 0.15) is 0 Å². The molecule has 0 N–H and O–H groups in total. The minimum atomic E-state index is -0.879. The highest BCUT2D eigenvalue weighted by molar-refractivity contribution is 5.33. The molecule has 1 aromatic carbocycles. The standard InChI is InChI=1S/C20H26F2O/c1-3-5-6-7-15-8-10-16(11-9-15)17-12-13-18(23-14-4-2)20(22)19(17)21/h3-5,12-16H,6-11H2,1-2H3/b5-3+,14-4+. The lowest BCUT2D eigenvalue weighted by molar-refractivity contribution is 0.305. The monoisotopic (exact) mass is 320 g/mol. The van der Waals surface area contributed by atoms with Gasteiger partial charge in [-0.3, -0.25) is 0 Å². The van der Waals surface area contributed by atoms with Gasteiger partial charge in [-0.05, 0) is 75.8 Å². The fraction of sp³-hybridized carbons (Fsp3) is 0.500. The molecule has 0 aliphatic heterocycles. The van der Waals surface area contributed by atoms with Gasteiger partial charge in [0.2, 0.25) is 5.82 Å². The van der Waals surface area contributed by atoms with E-state index in [9.17, 15) is 8.78 Å². The minimum absolute atomic E-state index is 0.0515. The highest BCUT2D eigenvalue weighted by atomic mass is 19.2. The molecular formula is C20H26F2O. The van der Waals surface area contributed by atoms with Crippen LogP contribution in [0.15, 0.2) is 36.6 Å². The second-order valence-electron chi connectivity index (χ2n) is 6.23. The smallest absolute Gasteiger partial charge is 0.201 e. The Balaban J connectivity index is 1.99. The summed E-state index contributed by atoms with van der Waals surface area (Å²) in [5.41, 5.74) is 0.502. The molecule has 0 aromatic heterocycles. The van der Waals surface area contributed by atoms with Crippen LogP contribution in [0, 0.1) is 17.6 Å². The van der Waals surface area contributed by atoms with Crippen LogP contribution >= 0.6 is 0 Å². The molecule has 0 heterocycles. The van der Waals surface area contributed by atoms with Crippen molar-refractivity contribution in [3.05, 3.63) is 53.8 Å². The Morgan fingerprint density at radius 1 is 1.04 bits per heavy atom. The molecule has 23 heavy (non-hydrogen) atoms. The van der Waals surface area contributed by atoms with E-state index in [-0.39, 0.29) is 11.7 Å². The molecule has 0 atom stereocenters. The molecule has 0 bridgehead atoms. The van der Waals surface area contributed by atoms with E-state index in [2.05, 4.69) is 12.2 Å². The minimum Gasteiger partial charge on any atom is -0.462 e. The summed E-state index contributed by atoms with van der Waals surface area (Å²) in [5, 5.41) is 0. The molecule has 1 saturated carbocycles. The summed E-state index contributed by atoms with van der Waals surface area (Å²) in [6, 6.07) is 3.22. The van der Waals surface area contributed by atoms with Gasteiger partial charge in [0.25, 0.3) is 0 Å². The molecule has 0 amide bonds. The van der Waals surface area contributed by atoms with Crippen molar-refractivity contribution in [1.82, 2.24) is 0 Å². The van der Waals surface area contributed by atoms with Gasteiger partial charge in [-0.15, -0.1) is 0 Å². The summed E-state index contributed by atoms with van der Waals surface area (Å²) in [6.45, 7) is 3.80. The summed E-state index contributed by atoms with van der Waals surface area (Å²) >= 11 is 0. The molecule has 1 aromatic rings. The number of hydrogen-bond acceptors (Lipinski definition) is 1. The molecule has 3 heteroatoms. The number of hydrogen-bond donors (Lipinski definition) is 0. The van der Waals surface area contributed by atoms with Gasteiger partial charge in [-0.2, -0.15) is 4.39 Å². The van der Waals surface area contributed by atoms with Crippen LogP contribution in [0.3, 0.4) is 0 Å². The second-order valence-corrected chi connectivity index (χ2v) is 6.23. The van der Waals surface area contributed by atoms with Crippen LogP contribution in [0.2, 0.25) is 0 Å². The van der Waals surface area contributed by atoms with E-state index in [0.29, 0.717) is 11.5 Å². The molecule has 1 fully saturated rings. The van der Waals surface area contributed by atoms with Crippen molar-refractivity contribution in [1.29, 1.82) is 0 Å². The van der Waals surface area contributed by atoms with Gasteiger partial charge in [0.15, 0.2) is 11.6 Å². The summed E-state index contributed by atoms with van der Waals surface area (Å²) < 4.78 is 33.5. The quantitative estimate of drug-likeness (QED) is 0.429. The molecule has 0 radical (unpaired) electrons. The summed E-state index contributed by atoms with van der Waals surface area (Å²) in [5.74, 6) is -0.838. The average molecular weight is 320 g/mol. The molecule has 126 valence electrons. The number of halogens is 2. The summed E-state index contributed by atoms with van der Waals surface area (Å²) in [7, 11) is 0.